The molecule has 3 rings (SSSR count). The number of hydrogen-bond acceptors (Lipinski definition) is 2. The van der Waals surface area contributed by atoms with Gasteiger partial charge in [0, 0.05) is 18.6 Å². The standard InChI is InChI=1S/C19H30N2/c1-15-8-10-19(14-20,16(2)12-15)21-11-9-18(13-21)17-6-4-3-5-7-17/h3-7,15-16,18H,8-14,20H2,1-2H3. The van der Waals surface area contributed by atoms with Crippen molar-refractivity contribution in [1.82, 2.24) is 4.90 Å². The molecule has 2 fully saturated rings. The lowest BCUT2D eigenvalue weighted by Gasteiger charge is -2.50. The summed E-state index contributed by atoms with van der Waals surface area (Å²) >= 11 is 0. The van der Waals surface area contributed by atoms with Crippen LogP contribution in [0.3, 0.4) is 0 Å². The molecular weight excluding hydrogens is 256 g/mol. The van der Waals surface area contributed by atoms with Gasteiger partial charge in [-0.1, -0.05) is 44.2 Å². The molecule has 1 aliphatic heterocycles. The topological polar surface area (TPSA) is 29.3 Å². The predicted octanol–water partition coefficient (Wildman–Crippen LogP) is 3.63. The minimum atomic E-state index is 0.260. The molecule has 2 heteroatoms. The second-order valence-electron chi connectivity index (χ2n) is 7.43. The quantitative estimate of drug-likeness (QED) is 0.919. The molecule has 2 nitrogen and oxygen atoms in total. The molecule has 1 saturated heterocycles. The molecule has 21 heavy (non-hydrogen) atoms. The second kappa shape index (κ2) is 6.10. The molecule has 4 unspecified atom stereocenters. The van der Waals surface area contributed by atoms with E-state index in [-0.39, 0.29) is 5.54 Å². The molecule has 1 heterocycles. The molecule has 2 aliphatic rings. The van der Waals surface area contributed by atoms with Crippen molar-refractivity contribution in [2.75, 3.05) is 19.6 Å². The van der Waals surface area contributed by atoms with Crippen molar-refractivity contribution in [2.45, 2.75) is 51.0 Å². The molecule has 4 atom stereocenters. The Morgan fingerprint density at radius 2 is 1.95 bits per heavy atom. The van der Waals surface area contributed by atoms with Gasteiger partial charge in [0.25, 0.3) is 0 Å². The smallest absolute Gasteiger partial charge is 0.0357 e. The zero-order valence-corrected chi connectivity index (χ0v) is 13.6. The van der Waals surface area contributed by atoms with Gasteiger partial charge in [-0.3, -0.25) is 4.90 Å². The van der Waals surface area contributed by atoms with Crippen LogP contribution in [-0.2, 0) is 0 Å². The molecule has 1 aliphatic carbocycles. The van der Waals surface area contributed by atoms with Crippen LogP contribution in [0.5, 0.6) is 0 Å². The van der Waals surface area contributed by atoms with E-state index >= 15 is 0 Å². The highest BCUT2D eigenvalue weighted by Crippen LogP contribution is 2.43. The van der Waals surface area contributed by atoms with Crippen LogP contribution in [0.25, 0.3) is 0 Å². The van der Waals surface area contributed by atoms with Crippen molar-refractivity contribution in [3.8, 4) is 0 Å². The van der Waals surface area contributed by atoms with E-state index in [0.29, 0.717) is 5.92 Å². The van der Waals surface area contributed by atoms with Gasteiger partial charge < -0.3 is 5.73 Å². The van der Waals surface area contributed by atoms with Gasteiger partial charge in [0.1, 0.15) is 0 Å². The first kappa shape index (κ1) is 15.1. The number of nitrogens with zero attached hydrogens (tertiary/aromatic N) is 1. The third-order valence-corrected chi connectivity index (χ3v) is 6.19. The number of benzene rings is 1. The van der Waals surface area contributed by atoms with E-state index in [9.17, 15) is 0 Å². The first-order valence-electron chi connectivity index (χ1n) is 8.66. The summed E-state index contributed by atoms with van der Waals surface area (Å²) in [5, 5.41) is 0. The molecule has 1 aromatic rings. The summed E-state index contributed by atoms with van der Waals surface area (Å²) in [6, 6.07) is 11.0. The Balaban J connectivity index is 1.75. The molecule has 116 valence electrons. The Morgan fingerprint density at radius 1 is 1.19 bits per heavy atom. The minimum Gasteiger partial charge on any atom is -0.329 e. The van der Waals surface area contributed by atoms with Crippen molar-refractivity contribution < 1.29 is 0 Å². The summed E-state index contributed by atoms with van der Waals surface area (Å²) in [4.78, 5) is 2.74. The summed E-state index contributed by atoms with van der Waals surface area (Å²) in [5.74, 6) is 2.29. The van der Waals surface area contributed by atoms with Crippen molar-refractivity contribution in [3.05, 3.63) is 35.9 Å². The Hall–Kier alpha value is -0.860. The van der Waals surface area contributed by atoms with Crippen molar-refractivity contribution in [3.63, 3.8) is 0 Å². The maximum Gasteiger partial charge on any atom is 0.0357 e. The highest BCUT2D eigenvalue weighted by Gasteiger charge is 2.46. The van der Waals surface area contributed by atoms with E-state index in [1.54, 1.807) is 0 Å². The van der Waals surface area contributed by atoms with Crippen LogP contribution in [0.4, 0.5) is 0 Å². The highest BCUT2D eigenvalue weighted by molar-refractivity contribution is 5.21. The fourth-order valence-electron chi connectivity index (χ4n) is 4.75. The van der Waals surface area contributed by atoms with Gasteiger partial charge >= 0.3 is 0 Å². The van der Waals surface area contributed by atoms with Crippen LogP contribution in [0, 0.1) is 11.8 Å². The maximum atomic E-state index is 6.30. The molecule has 1 aromatic carbocycles. The van der Waals surface area contributed by atoms with Gasteiger partial charge in [0.15, 0.2) is 0 Å². The second-order valence-corrected chi connectivity index (χ2v) is 7.43. The fraction of sp³-hybridized carbons (Fsp3) is 0.684. The zero-order chi connectivity index (χ0) is 14.9. The Labute approximate surface area is 129 Å². The average Bonchev–Trinajstić information content (AvgIpc) is 2.99. The van der Waals surface area contributed by atoms with Crippen LogP contribution in [0.15, 0.2) is 30.3 Å². The van der Waals surface area contributed by atoms with Crippen LogP contribution < -0.4 is 5.73 Å². The van der Waals surface area contributed by atoms with Gasteiger partial charge in [-0.05, 0) is 55.5 Å². The first-order chi connectivity index (χ1) is 10.2. The van der Waals surface area contributed by atoms with E-state index in [2.05, 4.69) is 49.1 Å². The lowest BCUT2D eigenvalue weighted by Crippen LogP contribution is -2.59. The molecule has 0 amide bonds. The normalized spacial score (nSPS) is 37.8. The van der Waals surface area contributed by atoms with Gasteiger partial charge in [0.2, 0.25) is 0 Å². The summed E-state index contributed by atoms with van der Waals surface area (Å²) in [7, 11) is 0. The molecule has 0 aromatic heterocycles. The van der Waals surface area contributed by atoms with Gasteiger partial charge in [-0.25, -0.2) is 0 Å². The van der Waals surface area contributed by atoms with Crippen LogP contribution in [0.2, 0.25) is 0 Å². The monoisotopic (exact) mass is 286 g/mol. The molecule has 2 N–H and O–H groups in total. The molecule has 1 saturated carbocycles. The Morgan fingerprint density at radius 3 is 2.62 bits per heavy atom. The van der Waals surface area contributed by atoms with Crippen molar-refractivity contribution in [2.24, 2.45) is 17.6 Å². The number of likely N-dealkylation sites (tertiary alicyclic amines) is 1. The van der Waals surface area contributed by atoms with E-state index in [1.165, 1.54) is 44.3 Å². The lowest BCUT2D eigenvalue weighted by molar-refractivity contribution is 0.0156. The number of hydrogen-bond donors (Lipinski definition) is 1. The number of nitrogens with two attached hydrogens (primary N) is 1. The van der Waals surface area contributed by atoms with Gasteiger partial charge in [0.05, 0.1) is 0 Å². The zero-order valence-electron chi connectivity index (χ0n) is 13.6. The number of rotatable bonds is 3. The lowest BCUT2D eigenvalue weighted by atomic mass is 9.69. The largest absolute Gasteiger partial charge is 0.329 e. The van der Waals surface area contributed by atoms with Crippen molar-refractivity contribution in [1.29, 1.82) is 0 Å². The molecule has 0 bridgehead atoms. The van der Waals surface area contributed by atoms with E-state index in [4.69, 9.17) is 5.73 Å². The summed E-state index contributed by atoms with van der Waals surface area (Å²) in [6.45, 7) is 8.06. The maximum absolute atomic E-state index is 6.30. The van der Waals surface area contributed by atoms with Crippen LogP contribution >= 0.6 is 0 Å². The van der Waals surface area contributed by atoms with E-state index < -0.39 is 0 Å². The SMILES string of the molecule is CC1CCC(CN)(N2CCC(c3ccccc3)C2)C(C)C1. The van der Waals surface area contributed by atoms with Gasteiger partial charge in [-0.2, -0.15) is 0 Å². The molecule has 0 radical (unpaired) electrons. The fourth-order valence-corrected chi connectivity index (χ4v) is 4.75. The predicted molar refractivity (Wildman–Crippen MR) is 89.3 cm³/mol. The van der Waals surface area contributed by atoms with E-state index in [0.717, 1.165) is 18.4 Å². The molecular formula is C19H30N2. The van der Waals surface area contributed by atoms with Crippen LogP contribution in [0.1, 0.15) is 51.0 Å². The molecule has 0 spiro atoms. The first-order valence-corrected chi connectivity index (χ1v) is 8.66. The highest BCUT2D eigenvalue weighted by atomic mass is 15.2. The third-order valence-electron chi connectivity index (χ3n) is 6.19. The summed E-state index contributed by atoms with van der Waals surface area (Å²) < 4.78 is 0. The Kier molecular flexibility index (Phi) is 4.37. The summed E-state index contributed by atoms with van der Waals surface area (Å²) in [5.41, 5.74) is 8.06. The minimum absolute atomic E-state index is 0.260. The van der Waals surface area contributed by atoms with Gasteiger partial charge in [-0.15, -0.1) is 0 Å². The Bertz CT molecular complexity index is 458. The average molecular weight is 286 g/mol. The third kappa shape index (κ3) is 2.76. The van der Waals surface area contributed by atoms with E-state index in [1.807, 2.05) is 0 Å². The van der Waals surface area contributed by atoms with Crippen LogP contribution in [-0.4, -0.2) is 30.1 Å². The van der Waals surface area contributed by atoms with Crippen molar-refractivity contribution >= 4 is 0 Å². The summed E-state index contributed by atoms with van der Waals surface area (Å²) in [6.07, 6.45) is 5.25.